The van der Waals surface area contributed by atoms with Gasteiger partial charge in [0, 0.05) is 12.7 Å². The summed E-state index contributed by atoms with van der Waals surface area (Å²) in [6, 6.07) is 15.3. The van der Waals surface area contributed by atoms with Crippen molar-refractivity contribution < 1.29 is 14.3 Å². The Labute approximate surface area is 198 Å². The Bertz CT molecular complexity index is 1100. The molecule has 8 nitrogen and oxygen atoms in total. The van der Waals surface area contributed by atoms with Gasteiger partial charge < -0.3 is 19.9 Å². The van der Waals surface area contributed by atoms with Crippen LogP contribution in [0.15, 0.2) is 53.7 Å². The van der Waals surface area contributed by atoms with Gasteiger partial charge in [0.15, 0.2) is 17.6 Å². The summed E-state index contributed by atoms with van der Waals surface area (Å²) in [4.78, 5) is 24.4. The van der Waals surface area contributed by atoms with Gasteiger partial charge in [-0.3, -0.25) is 9.59 Å². The van der Waals surface area contributed by atoms with E-state index < -0.39 is 0 Å². The number of benzene rings is 2. The third-order valence-electron chi connectivity index (χ3n) is 5.04. The highest BCUT2D eigenvalue weighted by Gasteiger charge is 2.13. The standard InChI is InChI=1S/C24H29N5O3S/c1-16(2)18-9-11-19(12-10-18)32-14-22(30)25-13-21-27-28-24(29(21)4)33-15-23(31)26-20-8-6-5-7-17(20)3/h5-12,16H,13-15H2,1-4H3,(H,25,30)(H,26,31). The molecule has 3 rings (SSSR count). The molecule has 0 saturated carbocycles. The maximum atomic E-state index is 12.3. The summed E-state index contributed by atoms with van der Waals surface area (Å²) in [6.45, 7) is 6.33. The number of anilines is 1. The number of aryl methyl sites for hydroxylation is 1. The Morgan fingerprint density at radius 3 is 2.48 bits per heavy atom. The van der Waals surface area contributed by atoms with Gasteiger partial charge in [0.25, 0.3) is 5.91 Å². The monoisotopic (exact) mass is 467 g/mol. The molecule has 33 heavy (non-hydrogen) atoms. The zero-order chi connectivity index (χ0) is 23.8. The van der Waals surface area contributed by atoms with Crippen molar-refractivity contribution in [1.29, 1.82) is 0 Å². The van der Waals surface area contributed by atoms with Crippen molar-refractivity contribution in [2.45, 2.75) is 38.4 Å². The summed E-state index contributed by atoms with van der Waals surface area (Å²) in [7, 11) is 1.80. The van der Waals surface area contributed by atoms with Crippen LogP contribution in [0, 0.1) is 6.92 Å². The minimum Gasteiger partial charge on any atom is -0.484 e. The highest BCUT2D eigenvalue weighted by Crippen LogP contribution is 2.19. The fourth-order valence-electron chi connectivity index (χ4n) is 2.98. The Kier molecular flexibility index (Phi) is 8.48. The van der Waals surface area contributed by atoms with E-state index in [2.05, 4.69) is 34.7 Å². The summed E-state index contributed by atoms with van der Waals surface area (Å²) in [5.41, 5.74) is 3.02. The lowest BCUT2D eigenvalue weighted by Gasteiger charge is -2.09. The van der Waals surface area contributed by atoms with E-state index in [9.17, 15) is 9.59 Å². The fourth-order valence-corrected chi connectivity index (χ4v) is 3.71. The van der Waals surface area contributed by atoms with Crippen LogP contribution in [0.4, 0.5) is 5.69 Å². The van der Waals surface area contributed by atoms with E-state index in [0.29, 0.717) is 22.6 Å². The van der Waals surface area contributed by atoms with Gasteiger partial charge in [0.1, 0.15) is 5.75 Å². The Balaban J connectivity index is 1.43. The first-order valence-electron chi connectivity index (χ1n) is 10.7. The number of ether oxygens (including phenoxy) is 1. The van der Waals surface area contributed by atoms with Crippen molar-refractivity contribution in [2.75, 3.05) is 17.7 Å². The largest absolute Gasteiger partial charge is 0.484 e. The Morgan fingerprint density at radius 1 is 1.06 bits per heavy atom. The van der Waals surface area contributed by atoms with Gasteiger partial charge in [0.05, 0.1) is 12.3 Å². The molecule has 0 saturated heterocycles. The van der Waals surface area contributed by atoms with Crippen molar-refractivity contribution >= 4 is 29.3 Å². The molecule has 0 aliphatic heterocycles. The van der Waals surface area contributed by atoms with Crippen LogP contribution < -0.4 is 15.4 Å². The minimum atomic E-state index is -0.252. The van der Waals surface area contributed by atoms with Crippen molar-refractivity contribution in [3.05, 3.63) is 65.5 Å². The Morgan fingerprint density at radius 2 is 1.79 bits per heavy atom. The molecule has 174 valence electrons. The first-order chi connectivity index (χ1) is 15.8. The number of para-hydroxylation sites is 1. The van der Waals surface area contributed by atoms with Crippen molar-refractivity contribution in [2.24, 2.45) is 7.05 Å². The fraction of sp³-hybridized carbons (Fsp3) is 0.333. The number of rotatable bonds is 10. The molecular formula is C24H29N5O3S. The molecule has 3 aromatic rings. The highest BCUT2D eigenvalue weighted by atomic mass is 32.2. The normalized spacial score (nSPS) is 10.8. The molecule has 0 fully saturated rings. The molecule has 0 spiro atoms. The number of thioether (sulfide) groups is 1. The van der Waals surface area contributed by atoms with Crippen molar-refractivity contribution in [3.8, 4) is 5.75 Å². The van der Waals surface area contributed by atoms with Crippen LogP contribution in [0.1, 0.15) is 36.7 Å². The highest BCUT2D eigenvalue weighted by molar-refractivity contribution is 7.99. The lowest BCUT2D eigenvalue weighted by molar-refractivity contribution is -0.123. The molecule has 0 aliphatic carbocycles. The van der Waals surface area contributed by atoms with E-state index in [1.54, 1.807) is 11.6 Å². The van der Waals surface area contributed by atoms with E-state index in [1.165, 1.54) is 17.3 Å². The van der Waals surface area contributed by atoms with Crippen LogP contribution in [0.3, 0.4) is 0 Å². The number of nitrogens with one attached hydrogen (secondary N) is 2. The first-order valence-corrected chi connectivity index (χ1v) is 11.7. The molecule has 2 amide bonds. The summed E-state index contributed by atoms with van der Waals surface area (Å²) in [5.74, 6) is 1.51. The number of hydrogen-bond donors (Lipinski definition) is 2. The molecule has 0 atom stereocenters. The average Bonchev–Trinajstić information content (AvgIpc) is 3.16. The van der Waals surface area contributed by atoms with Crippen LogP contribution in [-0.4, -0.2) is 38.9 Å². The van der Waals surface area contributed by atoms with Crippen molar-refractivity contribution in [3.63, 3.8) is 0 Å². The van der Waals surface area contributed by atoms with Crippen LogP contribution in [-0.2, 0) is 23.2 Å². The third-order valence-corrected chi connectivity index (χ3v) is 6.06. The molecule has 2 N–H and O–H groups in total. The molecule has 9 heteroatoms. The van der Waals surface area contributed by atoms with Crippen LogP contribution >= 0.6 is 11.8 Å². The Hall–Kier alpha value is -3.33. The molecular weight excluding hydrogens is 438 g/mol. The number of hydrogen-bond acceptors (Lipinski definition) is 6. The smallest absolute Gasteiger partial charge is 0.258 e. The third kappa shape index (κ3) is 7.08. The van der Waals surface area contributed by atoms with E-state index in [0.717, 1.165) is 11.3 Å². The lowest BCUT2D eigenvalue weighted by atomic mass is 10.0. The first kappa shape index (κ1) is 24.3. The van der Waals surface area contributed by atoms with Gasteiger partial charge >= 0.3 is 0 Å². The summed E-state index contributed by atoms with van der Waals surface area (Å²) >= 11 is 1.29. The van der Waals surface area contributed by atoms with Crippen LogP contribution in [0.2, 0.25) is 0 Å². The summed E-state index contributed by atoms with van der Waals surface area (Å²) in [6.07, 6.45) is 0. The van der Waals surface area contributed by atoms with Crippen molar-refractivity contribution in [1.82, 2.24) is 20.1 Å². The molecule has 0 aliphatic rings. The zero-order valence-corrected chi connectivity index (χ0v) is 20.1. The number of amides is 2. The molecule has 1 heterocycles. The van der Waals surface area contributed by atoms with Gasteiger partial charge in [-0.2, -0.15) is 0 Å². The lowest BCUT2D eigenvalue weighted by Crippen LogP contribution is -2.29. The van der Waals surface area contributed by atoms with Gasteiger partial charge in [-0.05, 0) is 42.2 Å². The predicted octanol–water partition coefficient (Wildman–Crippen LogP) is 3.67. The molecule has 0 bridgehead atoms. The summed E-state index contributed by atoms with van der Waals surface area (Å²) < 4.78 is 7.31. The van der Waals surface area contributed by atoms with E-state index >= 15 is 0 Å². The second-order valence-electron chi connectivity index (χ2n) is 7.90. The quantitative estimate of drug-likeness (QED) is 0.442. The molecule has 0 unspecified atom stereocenters. The van der Waals surface area contributed by atoms with E-state index in [1.807, 2.05) is 55.5 Å². The molecule has 1 aromatic heterocycles. The second-order valence-corrected chi connectivity index (χ2v) is 8.84. The zero-order valence-electron chi connectivity index (χ0n) is 19.3. The van der Waals surface area contributed by atoms with E-state index in [4.69, 9.17) is 4.74 Å². The molecule has 2 aromatic carbocycles. The van der Waals surface area contributed by atoms with Gasteiger partial charge in [-0.25, -0.2) is 0 Å². The maximum absolute atomic E-state index is 12.3. The summed E-state index contributed by atoms with van der Waals surface area (Å²) in [5, 5.41) is 14.5. The number of nitrogens with zero attached hydrogens (tertiary/aromatic N) is 3. The SMILES string of the molecule is Cc1ccccc1NC(=O)CSc1nnc(CNC(=O)COc2ccc(C(C)C)cc2)n1C. The van der Waals surface area contributed by atoms with Gasteiger partial charge in [-0.1, -0.05) is 55.9 Å². The topological polar surface area (TPSA) is 98.1 Å². The number of aromatic nitrogens is 3. The van der Waals surface area contributed by atoms with Gasteiger partial charge in [0.2, 0.25) is 5.91 Å². The average molecular weight is 468 g/mol. The van der Waals surface area contributed by atoms with Crippen LogP contribution in [0.5, 0.6) is 5.75 Å². The number of carbonyl (C=O) groups excluding carboxylic acids is 2. The van der Waals surface area contributed by atoms with Crippen LogP contribution in [0.25, 0.3) is 0 Å². The molecule has 0 radical (unpaired) electrons. The minimum absolute atomic E-state index is 0.0838. The van der Waals surface area contributed by atoms with E-state index in [-0.39, 0.29) is 30.7 Å². The second kappa shape index (κ2) is 11.5. The van der Waals surface area contributed by atoms with Gasteiger partial charge in [-0.15, -0.1) is 10.2 Å². The predicted molar refractivity (Wildman–Crippen MR) is 129 cm³/mol. The maximum Gasteiger partial charge on any atom is 0.258 e. The number of carbonyl (C=O) groups is 2.